The molecule has 1 amide bonds. The van der Waals surface area contributed by atoms with Crippen molar-refractivity contribution in [2.75, 3.05) is 11.1 Å². The Labute approximate surface area is 140 Å². The summed E-state index contributed by atoms with van der Waals surface area (Å²) in [5, 5.41) is 11.3. The van der Waals surface area contributed by atoms with Gasteiger partial charge in [0.2, 0.25) is 0 Å². The minimum absolute atomic E-state index is 0.265. The van der Waals surface area contributed by atoms with E-state index in [1.54, 1.807) is 18.3 Å². The summed E-state index contributed by atoms with van der Waals surface area (Å²) in [6.45, 7) is 0. The van der Waals surface area contributed by atoms with Gasteiger partial charge in [-0.2, -0.15) is 5.10 Å². The number of amides is 1. The summed E-state index contributed by atoms with van der Waals surface area (Å²) in [4.78, 5) is 13.5. The molecule has 0 saturated heterocycles. The Bertz CT molecular complexity index is 849. The molecule has 0 atom stereocenters. The number of nitrogens with zero attached hydrogens (tertiary/aromatic N) is 2. The molecule has 8 heteroatoms. The molecule has 0 radical (unpaired) electrons. The maximum Gasteiger partial charge on any atom is 0.267 e. The Hall–Kier alpha value is -1.51. The first-order chi connectivity index (χ1) is 10.1. The van der Waals surface area contributed by atoms with E-state index >= 15 is 0 Å². The predicted octanol–water partition coefficient (Wildman–Crippen LogP) is 4.05. The number of aromatic nitrogens is 2. The lowest BCUT2D eigenvalue weighted by Crippen LogP contribution is -2.12. The average Bonchev–Trinajstić information content (AvgIpc) is 2.80. The molecule has 0 saturated carbocycles. The third kappa shape index (κ3) is 2.78. The number of thiophene rings is 1. The van der Waals surface area contributed by atoms with Crippen molar-refractivity contribution < 1.29 is 4.79 Å². The zero-order valence-corrected chi connectivity index (χ0v) is 14.4. The fraction of sp³-hybridized carbons (Fsp3) is 0. The molecule has 1 aromatic carbocycles. The fourth-order valence-corrected chi connectivity index (χ4v) is 3.89. The van der Waals surface area contributed by atoms with Crippen LogP contribution in [0, 0.1) is 0 Å². The fourth-order valence-electron chi connectivity index (χ4n) is 1.81. The van der Waals surface area contributed by atoms with Crippen molar-refractivity contribution in [1.82, 2.24) is 10.2 Å². The van der Waals surface area contributed by atoms with Crippen molar-refractivity contribution >= 4 is 70.7 Å². The molecular weight excluding hydrogens is 420 g/mol. The van der Waals surface area contributed by atoms with E-state index in [0.29, 0.717) is 21.1 Å². The Morgan fingerprint density at radius 3 is 2.81 bits per heavy atom. The summed E-state index contributed by atoms with van der Waals surface area (Å²) in [6.07, 6.45) is 1.55. The van der Waals surface area contributed by atoms with Crippen LogP contribution in [0.1, 0.15) is 9.67 Å². The minimum Gasteiger partial charge on any atom is -0.397 e. The normalized spacial score (nSPS) is 10.8. The van der Waals surface area contributed by atoms with Crippen molar-refractivity contribution in [3.05, 3.63) is 44.3 Å². The van der Waals surface area contributed by atoms with E-state index in [1.165, 1.54) is 11.3 Å². The largest absolute Gasteiger partial charge is 0.397 e. The van der Waals surface area contributed by atoms with E-state index in [0.717, 1.165) is 14.3 Å². The minimum atomic E-state index is -0.265. The number of hydrogen-bond donors (Lipinski definition) is 2. The molecule has 0 aliphatic heterocycles. The molecule has 3 rings (SSSR count). The van der Waals surface area contributed by atoms with Crippen LogP contribution < -0.4 is 11.1 Å². The van der Waals surface area contributed by atoms with Gasteiger partial charge in [0.05, 0.1) is 17.6 Å². The van der Waals surface area contributed by atoms with Crippen molar-refractivity contribution in [3.63, 3.8) is 0 Å². The van der Waals surface area contributed by atoms with Gasteiger partial charge in [-0.15, -0.1) is 16.4 Å². The van der Waals surface area contributed by atoms with Crippen LogP contribution >= 0.6 is 43.2 Å². The van der Waals surface area contributed by atoms with Crippen molar-refractivity contribution in [3.8, 4) is 0 Å². The van der Waals surface area contributed by atoms with Crippen LogP contribution in [0.4, 0.5) is 11.4 Å². The SMILES string of the molecule is Nc1c(C(=O)Nc2ccc(Br)cc2Br)sc2nnccc12. The van der Waals surface area contributed by atoms with Gasteiger partial charge in [0.15, 0.2) is 0 Å². The lowest BCUT2D eigenvalue weighted by Gasteiger charge is -2.07. The second-order valence-corrected chi connectivity index (χ2v) is 6.94. The molecule has 0 unspecified atom stereocenters. The summed E-state index contributed by atoms with van der Waals surface area (Å²) >= 11 is 8.00. The highest BCUT2D eigenvalue weighted by atomic mass is 79.9. The van der Waals surface area contributed by atoms with Gasteiger partial charge < -0.3 is 11.1 Å². The van der Waals surface area contributed by atoms with E-state index in [9.17, 15) is 4.79 Å². The van der Waals surface area contributed by atoms with Crippen LogP contribution in [0.25, 0.3) is 10.2 Å². The standard InChI is InChI=1S/C13H8Br2N4OS/c14-6-1-2-9(8(15)5-6)18-12(20)11-10(16)7-3-4-17-19-13(7)21-11/h1-5H,16H2,(H,18,20). The molecule has 5 nitrogen and oxygen atoms in total. The highest BCUT2D eigenvalue weighted by Crippen LogP contribution is 2.33. The monoisotopic (exact) mass is 426 g/mol. The maximum atomic E-state index is 12.4. The number of nitrogens with one attached hydrogen (secondary N) is 1. The number of nitrogen functional groups attached to an aromatic ring is 1. The number of benzene rings is 1. The first-order valence-electron chi connectivity index (χ1n) is 5.82. The number of halogens is 2. The van der Waals surface area contributed by atoms with Gasteiger partial charge >= 0.3 is 0 Å². The van der Waals surface area contributed by atoms with Gasteiger partial charge in [0.25, 0.3) is 5.91 Å². The van der Waals surface area contributed by atoms with Gasteiger partial charge in [0, 0.05) is 14.3 Å². The highest BCUT2D eigenvalue weighted by Gasteiger charge is 2.18. The summed E-state index contributed by atoms with van der Waals surface area (Å²) in [6, 6.07) is 7.26. The van der Waals surface area contributed by atoms with E-state index in [1.807, 2.05) is 12.1 Å². The molecule has 0 aliphatic carbocycles. The Morgan fingerprint density at radius 2 is 2.10 bits per heavy atom. The zero-order valence-electron chi connectivity index (χ0n) is 10.4. The number of rotatable bonds is 2. The van der Waals surface area contributed by atoms with Crippen LogP contribution in [0.3, 0.4) is 0 Å². The number of nitrogens with two attached hydrogens (primary N) is 1. The zero-order chi connectivity index (χ0) is 15.0. The van der Waals surface area contributed by atoms with Crippen LogP contribution in [0.5, 0.6) is 0 Å². The quantitative estimate of drug-likeness (QED) is 0.646. The molecule has 106 valence electrons. The number of hydrogen-bond acceptors (Lipinski definition) is 5. The smallest absolute Gasteiger partial charge is 0.267 e. The Kier molecular flexibility index (Phi) is 3.92. The maximum absolute atomic E-state index is 12.4. The average molecular weight is 428 g/mol. The summed E-state index contributed by atoms with van der Waals surface area (Å²) in [5.74, 6) is -0.265. The lowest BCUT2D eigenvalue weighted by molar-refractivity contribution is 0.103. The number of anilines is 2. The summed E-state index contributed by atoms with van der Waals surface area (Å²) in [7, 11) is 0. The molecule has 0 spiro atoms. The molecule has 21 heavy (non-hydrogen) atoms. The third-order valence-corrected chi connectivity index (χ3v) is 5.06. The van der Waals surface area contributed by atoms with Crippen molar-refractivity contribution in [2.45, 2.75) is 0 Å². The molecule has 3 aromatic rings. The molecule has 0 aliphatic rings. The Balaban J connectivity index is 1.95. The van der Waals surface area contributed by atoms with Crippen LogP contribution in [-0.4, -0.2) is 16.1 Å². The van der Waals surface area contributed by atoms with E-state index in [2.05, 4.69) is 47.4 Å². The second-order valence-electron chi connectivity index (χ2n) is 4.17. The number of carbonyl (C=O) groups is 1. The molecule has 2 aromatic heterocycles. The van der Waals surface area contributed by atoms with Crippen LogP contribution in [0.2, 0.25) is 0 Å². The predicted molar refractivity (Wildman–Crippen MR) is 91.6 cm³/mol. The summed E-state index contributed by atoms with van der Waals surface area (Å²) < 4.78 is 1.70. The van der Waals surface area contributed by atoms with Crippen molar-refractivity contribution in [1.29, 1.82) is 0 Å². The van der Waals surface area contributed by atoms with E-state index in [4.69, 9.17) is 5.73 Å². The first-order valence-corrected chi connectivity index (χ1v) is 8.22. The van der Waals surface area contributed by atoms with Gasteiger partial charge in [-0.3, -0.25) is 4.79 Å². The van der Waals surface area contributed by atoms with Crippen LogP contribution in [-0.2, 0) is 0 Å². The molecule has 3 N–H and O–H groups in total. The highest BCUT2D eigenvalue weighted by molar-refractivity contribution is 9.11. The molecule has 2 heterocycles. The van der Waals surface area contributed by atoms with E-state index in [-0.39, 0.29) is 5.91 Å². The van der Waals surface area contributed by atoms with Crippen LogP contribution in [0.15, 0.2) is 39.4 Å². The lowest BCUT2D eigenvalue weighted by atomic mass is 10.2. The second kappa shape index (κ2) is 5.70. The van der Waals surface area contributed by atoms with Gasteiger partial charge in [-0.05, 0) is 40.2 Å². The molecular formula is C13H8Br2N4OS. The van der Waals surface area contributed by atoms with E-state index < -0.39 is 0 Å². The Morgan fingerprint density at radius 1 is 1.29 bits per heavy atom. The summed E-state index contributed by atoms with van der Waals surface area (Å²) in [5.41, 5.74) is 7.12. The third-order valence-electron chi connectivity index (χ3n) is 2.81. The van der Waals surface area contributed by atoms with Gasteiger partial charge in [0.1, 0.15) is 9.71 Å². The van der Waals surface area contributed by atoms with Crippen molar-refractivity contribution in [2.24, 2.45) is 0 Å². The first kappa shape index (κ1) is 14.4. The van der Waals surface area contributed by atoms with Gasteiger partial charge in [-0.1, -0.05) is 15.9 Å². The molecule has 0 bridgehead atoms. The van der Waals surface area contributed by atoms with Gasteiger partial charge in [-0.25, -0.2) is 0 Å². The molecule has 0 fully saturated rings. The number of carbonyl (C=O) groups excluding carboxylic acids is 1. The number of fused-ring (bicyclic) bond motifs is 1. The topological polar surface area (TPSA) is 80.9 Å².